The SMILES string of the molecule is C[C@H](c1ccccc1)N1CCO[C@H](c2ccc(Cl)cc2)C1. The molecule has 0 N–H and O–H groups in total. The van der Waals surface area contributed by atoms with Crippen LogP contribution in [0.15, 0.2) is 54.6 Å². The van der Waals surface area contributed by atoms with E-state index in [9.17, 15) is 0 Å². The Balaban J connectivity index is 1.72. The van der Waals surface area contributed by atoms with Gasteiger partial charge in [0.25, 0.3) is 0 Å². The summed E-state index contributed by atoms with van der Waals surface area (Å²) in [6.45, 7) is 4.92. The van der Waals surface area contributed by atoms with Crippen LogP contribution in [0.25, 0.3) is 0 Å². The predicted octanol–water partition coefficient (Wildman–Crippen LogP) is 4.47. The molecule has 3 heteroatoms. The van der Waals surface area contributed by atoms with Crippen molar-refractivity contribution in [3.63, 3.8) is 0 Å². The Morgan fingerprint density at radius 3 is 2.52 bits per heavy atom. The van der Waals surface area contributed by atoms with Gasteiger partial charge in [-0.3, -0.25) is 4.90 Å². The summed E-state index contributed by atoms with van der Waals surface area (Å²) in [6, 6.07) is 19.0. The first-order valence-corrected chi connectivity index (χ1v) is 7.78. The maximum Gasteiger partial charge on any atom is 0.0952 e. The summed E-state index contributed by atoms with van der Waals surface area (Å²) in [6.07, 6.45) is 0.127. The highest BCUT2D eigenvalue weighted by atomic mass is 35.5. The van der Waals surface area contributed by atoms with Crippen LogP contribution in [0.3, 0.4) is 0 Å². The van der Waals surface area contributed by atoms with E-state index in [0.717, 1.165) is 24.7 Å². The van der Waals surface area contributed by atoms with E-state index in [4.69, 9.17) is 16.3 Å². The van der Waals surface area contributed by atoms with Crippen LogP contribution in [0.2, 0.25) is 5.02 Å². The maximum absolute atomic E-state index is 5.96. The van der Waals surface area contributed by atoms with Crippen molar-refractivity contribution < 1.29 is 4.74 Å². The summed E-state index contributed by atoms with van der Waals surface area (Å²) in [7, 11) is 0. The molecule has 1 heterocycles. The van der Waals surface area contributed by atoms with Crippen LogP contribution < -0.4 is 0 Å². The first kappa shape index (κ1) is 14.6. The van der Waals surface area contributed by atoms with E-state index in [1.54, 1.807) is 0 Å². The molecule has 2 nitrogen and oxygen atoms in total. The van der Waals surface area contributed by atoms with Crippen molar-refractivity contribution >= 4 is 11.6 Å². The van der Waals surface area contributed by atoms with Gasteiger partial charge in [-0.2, -0.15) is 0 Å². The minimum Gasteiger partial charge on any atom is -0.371 e. The number of hydrogen-bond donors (Lipinski definition) is 0. The molecule has 0 radical (unpaired) electrons. The molecular weight excluding hydrogens is 282 g/mol. The number of nitrogens with zero attached hydrogens (tertiary/aromatic N) is 1. The molecule has 0 bridgehead atoms. The molecule has 3 rings (SSSR count). The lowest BCUT2D eigenvalue weighted by Crippen LogP contribution is -2.39. The van der Waals surface area contributed by atoms with Gasteiger partial charge < -0.3 is 4.74 Å². The lowest BCUT2D eigenvalue weighted by molar-refractivity contribution is -0.0431. The minimum absolute atomic E-state index is 0.127. The summed E-state index contributed by atoms with van der Waals surface area (Å²) in [4.78, 5) is 2.48. The van der Waals surface area contributed by atoms with E-state index in [1.807, 2.05) is 12.1 Å². The van der Waals surface area contributed by atoms with Crippen molar-refractivity contribution in [2.45, 2.75) is 19.1 Å². The zero-order valence-corrected chi connectivity index (χ0v) is 13.0. The minimum atomic E-state index is 0.127. The summed E-state index contributed by atoms with van der Waals surface area (Å²) in [5.74, 6) is 0. The lowest BCUT2D eigenvalue weighted by Gasteiger charge is -2.37. The van der Waals surface area contributed by atoms with Crippen molar-refractivity contribution in [2.75, 3.05) is 19.7 Å². The molecule has 0 amide bonds. The van der Waals surface area contributed by atoms with Gasteiger partial charge in [-0.25, -0.2) is 0 Å². The molecule has 0 spiro atoms. The van der Waals surface area contributed by atoms with Crippen LogP contribution in [-0.2, 0) is 4.74 Å². The van der Waals surface area contributed by atoms with Crippen LogP contribution in [-0.4, -0.2) is 24.6 Å². The molecule has 1 aliphatic rings. The van der Waals surface area contributed by atoms with Crippen LogP contribution in [0.4, 0.5) is 0 Å². The molecule has 0 saturated carbocycles. The third kappa shape index (κ3) is 3.46. The van der Waals surface area contributed by atoms with E-state index in [2.05, 4.69) is 54.3 Å². The molecular formula is C18H20ClNO. The molecule has 0 unspecified atom stereocenters. The van der Waals surface area contributed by atoms with Gasteiger partial charge in [0.2, 0.25) is 0 Å². The highest BCUT2D eigenvalue weighted by molar-refractivity contribution is 6.30. The van der Waals surface area contributed by atoms with Crippen molar-refractivity contribution in [1.82, 2.24) is 4.90 Å². The van der Waals surface area contributed by atoms with Gasteiger partial charge in [0.15, 0.2) is 0 Å². The summed E-state index contributed by atoms with van der Waals surface area (Å²) < 4.78 is 5.94. The number of rotatable bonds is 3. The van der Waals surface area contributed by atoms with Crippen molar-refractivity contribution in [3.05, 3.63) is 70.7 Å². The topological polar surface area (TPSA) is 12.5 Å². The summed E-state index contributed by atoms with van der Waals surface area (Å²) in [5.41, 5.74) is 2.55. The number of hydrogen-bond acceptors (Lipinski definition) is 2. The van der Waals surface area contributed by atoms with Crippen LogP contribution in [0, 0.1) is 0 Å². The van der Waals surface area contributed by atoms with Gasteiger partial charge >= 0.3 is 0 Å². The van der Waals surface area contributed by atoms with Crippen LogP contribution in [0.1, 0.15) is 30.2 Å². The molecule has 0 aromatic heterocycles. The maximum atomic E-state index is 5.96. The second-order valence-electron chi connectivity index (χ2n) is 5.49. The van der Waals surface area contributed by atoms with E-state index >= 15 is 0 Å². The second-order valence-corrected chi connectivity index (χ2v) is 5.93. The van der Waals surface area contributed by atoms with Gasteiger partial charge in [0.1, 0.15) is 0 Å². The quantitative estimate of drug-likeness (QED) is 0.829. The zero-order chi connectivity index (χ0) is 14.7. The van der Waals surface area contributed by atoms with Crippen LogP contribution >= 0.6 is 11.6 Å². The first-order chi connectivity index (χ1) is 10.2. The second kappa shape index (κ2) is 6.61. The molecule has 0 aliphatic carbocycles. The van der Waals surface area contributed by atoms with Crippen molar-refractivity contribution in [2.24, 2.45) is 0 Å². The smallest absolute Gasteiger partial charge is 0.0952 e. The lowest BCUT2D eigenvalue weighted by atomic mass is 10.0. The molecule has 1 fully saturated rings. The molecule has 21 heavy (non-hydrogen) atoms. The van der Waals surface area contributed by atoms with Gasteiger partial charge in [-0.05, 0) is 30.2 Å². The normalized spacial score (nSPS) is 21.1. The fourth-order valence-corrected chi connectivity index (χ4v) is 2.97. The Labute approximate surface area is 131 Å². The number of morpholine rings is 1. The number of halogens is 1. The third-order valence-corrected chi connectivity index (χ3v) is 4.42. The van der Waals surface area contributed by atoms with Crippen molar-refractivity contribution in [1.29, 1.82) is 0 Å². The first-order valence-electron chi connectivity index (χ1n) is 7.40. The largest absolute Gasteiger partial charge is 0.371 e. The number of benzene rings is 2. The average Bonchev–Trinajstić information content (AvgIpc) is 2.56. The van der Waals surface area contributed by atoms with Crippen LogP contribution in [0.5, 0.6) is 0 Å². The monoisotopic (exact) mass is 301 g/mol. The van der Waals surface area contributed by atoms with E-state index in [0.29, 0.717) is 6.04 Å². The molecule has 1 saturated heterocycles. The zero-order valence-electron chi connectivity index (χ0n) is 12.2. The Morgan fingerprint density at radius 2 is 1.81 bits per heavy atom. The molecule has 2 atom stereocenters. The van der Waals surface area contributed by atoms with Gasteiger partial charge in [0.05, 0.1) is 12.7 Å². The molecule has 2 aromatic carbocycles. The highest BCUT2D eigenvalue weighted by Gasteiger charge is 2.25. The van der Waals surface area contributed by atoms with E-state index in [-0.39, 0.29) is 6.10 Å². The standard InChI is InChI=1S/C18H20ClNO/c1-14(15-5-3-2-4-6-15)20-11-12-21-18(13-20)16-7-9-17(19)10-8-16/h2-10,14,18H,11-13H2,1H3/t14-,18+/m1/s1. The van der Waals surface area contributed by atoms with Gasteiger partial charge in [-0.1, -0.05) is 54.1 Å². The van der Waals surface area contributed by atoms with Gasteiger partial charge in [0, 0.05) is 24.2 Å². The predicted molar refractivity (Wildman–Crippen MR) is 86.6 cm³/mol. The molecule has 2 aromatic rings. The van der Waals surface area contributed by atoms with Crippen molar-refractivity contribution in [3.8, 4) is 0 Å². The fourth-order valence-electron chi connectivity index (χ4n) is 2.84. The van der Waals surface area contributed by atoms with E-state index < -0.39 is 0 Å². The Bertz CT molecular complexity index is 570. The Kier molecular flexibility index (Phi) is 4.59. The average molecular weight is 302 g/mol. The summed E-state index contributed by atoms with van der Waals surface area (Å²) in [5, 5.41) is 0.768. The molecule has 1 aliphatic heterocycles. The Hall–Kier alpha value is -1.35. The molecule has 110 valence electrons. The van der Waals surface area contributed by atoms with E-state index in [1.165, 1.54) is 11.1 Å². The van der Waals surface area contributed by atoms with Gasteiger partial charge in [-0.15, -0.1) is 0 Å². The summed E-state index contributed by atoms with van der Waals surface area (Å²) >= 11 is 5.96. The highest BCUT2D eigenvalue weighted by Crippen LogP contribution is 2.29. The Morgan fingerprint density at radius 1 is 1.10 bits per heavy atom. The number of ether oxygens (including phenoxy) is 1. The third-order valence-electron chi connectivity index (χ3n) is 4.17. The fraction of sp³-hybridized carbons (Fsp3) is 0.333.